The van der Waals surface area contributed by atoms with Crippen molar-refractivity contribution in [3.63, 3.8) is 0 Å². The number of nitrogens with one attached hydrogen (secondary N) is 1. The van der Waals surface area contributed by atoms with Crippen LogP contribution in [0.3, 0.4) is 0 Å². The van der Waals surface area contributed by atoms with Crippen molar-refractivity contribution in [2.45, 2.75) is 64.3 Å². The van der Waals surface area contributed by atoms with E-state index in [-0.39, 0.29) is 12.0 Å². The van der Waals surface area contributed by atoms with Crippen molar-refractivity contribution in [3.05, 3.63) is 41.9 Å². The van der Waals surface area contributed by atoms with Crippen molar-refractivity contribution in [2.24, 2.45) is 0 Å². The Morgan fingerprint density at radius 3 is 2.93 bits per heavy atom. The van der Waals surface area contributed by atoms with E-state index in [2.05, 4.69) is 15.4 Å². The molecule has 1 aliphatic carbocycles. The van der Waals surface area contributed by atoms with E-state index in [4.69, 9.17) is 4.74 Å². The van der Waals surface area contributed by atoms with E-state index in [9.17, 15) is 4.79 Å². The molecule has 4 rings (SSSR count). The highest BCUT2D eigenvalue weighted by molar-refractivity contribution is 5.92. The van der Waals surface area contributed by atoms with Crippen molar-refractivity contribution >= 4 is 5.91 Å². The minimum atomic E-state index is 0.00755. The fraction of sp³-hybridized carbons (Fsp3) is 0.571. The largest absolute Gasteiger partial charge is 0.475 e. The van der Waals surface area contributed by atoms with E-state index in [1.165, 1.54) is 0 Å². The Morgan fingerprint density at radius 1 is 1.36 bits per heavy atom. The summed E-state index contributed by atoms with van der Waals surface area (Å²) in [6.45, 7) is 6.49. The molecule has 1 aliphatic heterocycles. The van der Waals surface area contributed by atoms with Crippen LogP contribution in [0.2, 0.25) is 0 Å². The van der Waals surface area contributed by atoms with Crippen LogP contribution in [0.5, 0.6) is 5.88 Å². The third-order valence-corrected chi connectivity index (χ3v) is 5.23. The Hall–Kier alpha value is -2.41. The van der Waals surface area contributed by atoms with E-state index < -0.39 is 0 Å². The van der Waals surface area contributed by atoms with Crippen molar-refractivity contribution in [2.75, 3.05) is 13.1 Å². The van der Waals surface area contributed by atoms with Gasteiger partial charge in [0.1, 0.15) is 5.69 Å². The lowest BCUT2D eigenvalue weighted by atomic mass is 10.1. The van der Waals surface area contributed by atoms with Gasteiger partial charge in [-0.1, -0.05) is 0 Å². The zero-order valence-electron chi connectivity index (χ0n) is 16.7. The average molecular weight is 383 g/mol. The summed E-state index contributed by atoms with van der Waals surface area (Å²) < 4.78 is 7.64. The van der Waals surface area contributed by atoms with Gasteiger partial charge in [-0.15, -0.1) is 0 Å². The number of carbonyl (C=O) groups is 1. The number of hydrogen-bond donors (Lipinski definition) is 1. The number of amides is 1. The average Bonchev–Trinajstić information content (AvgIpc) is 3.41. The van der Waals surface area contributed by atoms with Crippen LogP contribution in [0.15, 0.2) is 30.6 Å². The van der Waals surface area contributed by atoms with Gasteiger partial charge >= 0.3 is 0 Å². The van der Waals surface area contributed by atoms with E-state index in [1.807, 2.05) is 47.8 Å². The molecule has 2 aliphatic rings. The summed E-state index contributed by atoms with van der Waals surface area (Å²) in [5.74, 6) is 0.609. The minimum Gasteiger partial charge on any atom is -0.475 e. The van der Waals surface area contributed by atoms with Gasteiger partial charge < -0.3 is 15.0 Å². The van der Waals surface area contributed by atoms with Crippen molar-refractivity contribution in [3.8, 4) is 5.88 Å². The zero-order valence-corrected chi connectivity index (χ0v) is 16.7. The Labute approximate surface area is 166 Å². The molecule has 2 aromatic heterocycles. The second kappa shape index (κ2) is 8.31. The molecule has 2 fully saturated rings. The van der Waals surface area contributed by atoms with Crippen LogP contribution in [0.25, 0.3) is 0 Å². The lowest BCUT2D eigenvalue weighted by Gasteiger charge is -2.23. The molecule has 28 heavy (non-hydrogen) atoms. The van der Waals surface area contributed by atoms with Crippen LogP contribution >= 0.6 is 0 Å². The van der Waals surface area contributed by atoms with Gasteiger partial charge in [0, 0.05) is 37.6 Å². The number of ether oxygens (including phenoxy) is 1. The predicted octanol–water partition coefficient (Wildman–Crippen LogP) is 2.79. The first kappa shape index (κ1) is 18.9. The van der Waals surface area contributed by atoms with Crippen LogP contribution in [0, 0.1) is 0 Å². The quantitative estimate of drug-likeness (QED) is 0.796. The number of hydrogen-bond acceptors (Lipinski definition) is 5. The third-order valence-electron chi connectivity index (χ3n) is 5.23. The second-order valence-electron chi connectivity index (χ2n) is 8.01. The molecule has 7 nitrogen and oxygen atoms in total. The highest BCUT2D eigenvalue weighted by Crippen LogP contribution is 2.30. The zero-order chi connectivity index (χ0) is 19.5. The first-order valence-corrected chi connectivity index (χ1v) is 10.3. The van der Waals surface area contributed by atoms with Crippen molar-refractivity contribution < 1.29 is 9.53 Å². The van der Waals surface area contributed by atoms with Crippen molar-refractivity contribution in [1.29, 1.82) is 0 Å². The number of carbonyl (C=O) groups excluding carboxylic acids is 1. The number of piperidine rings is 1. The van der Waals surface area contributed by atoms with Crippen LogP contribution in [-0.2, 0) is 6.54 Å². The molecule has 0 spiro atoms. The molecule has 1 N–H and O–H groups in total. The fourth-order valence-electron chi connectivity index (χ4n) is 3.67. The lowest BCUT2D eigenvalue weighted by Crippen LogP contribution is -2.34. The normalized spacial score (nSPS) is 19.6. The maximum absolute atomic E-state index is 13.2. The van der Waals surface area contributed by atoms with Gasteiger partial charge in [0.2, 0.25) is 5.88 Å². The number of nitrogens with zero attached hydrogens (tertiary/aromatic N) is 4. The fourth-order valence-corrected chi connectivity index (χ4v) is 3.67. The van der Waals surface area contributed by atoms with Crippen LogP contribution in [0.1, 0.15) is 61.6 Å². The molecule has 150 valence electrons. The Bertz CT molecular complexity index is 809. The Morgan fingerprint density at radius 2 is 2.21 bits per heavy atom. The molecule has 0 radical (unpaired) electrons. The molecule has 0 bridgehead atoms. The number of pyridine rings is 1. The van der Waals surface area contributed by atoms with Crippen LogP contribution in [0.4, 0.5) is 0 Å². The molecule has 1 amide bonds. The first-order chi connectivity index (χ1) is 13.6. The van der Waals surface area contributed by atoms with Gasteiger partial charge in [-0.3, -0.25) is 9.48 Å². The summed E-state index contributed by atoms with van der Waals surface area (Å²) >= 11 is 0. The molecule has 0 aromatic carbocycles. The third kappa shape index (κ3) is 4.52. The maximum Gasteiger partial charge on any atom is 0.274 e. The monoisotopic (exact) mass is 383 g/mol. The molecule has 1 unspecified atom stereocenters. The number of rotatable bonds is 7. The summed E-state index contributed by atoms with van der Waals surface area (Å²) in [4.78, 5) is 19.4. The van der Waals surface area contributed by atoms with E-state index in [1.54, 1.807) is 6.20 Å². The summed E-state index contributed by atoms with van der Waals surface area (Å²) in [5, 5.41) is 8.01. The molecule has 1 saturated heterocycles. The summed E-state index contributed by atoms with van der Waals surface area (Å²) in [6.07, 6.45) is 8.11. The molecule has 7 heteroatoms. The summed E-state index contributed by atoms with van der Waals surface area (Å²) in [5.41, 5.74) is 1.56. The Kier molecular flexibility index (Phi) is 5.62. The number of aromatic nitrogens is 3. The van der Waals surface area contributed by atoms with Gasteiger partial charge in [0.15, 0.2) is 0 Å². The predicted molar refractivity (Wildman–Crippen MR) is 106 cm³/mol. The van der Waals surface area contributed by atoms with Gasteiger partial charge in [0.25, 0.3) is 5.91 Å². The SMILES string of the molecule is CC(C)Oc1cc(CN(C(=O)c2ccn(C3CCCNC3)n2)C2CC2)ccn1. The second-order valence-corrected chi connectivity index (χ2v) is 8.01. The molecular formula is C21H29N5O2. The molecule has 2 aromatic rings. The van der Waals surface area contributed by atoms with Gasteiger partial charge in [-0.2, -0.15) is 5.10 Å². The van der Waals surface area contributed by atoms with E-state index >= 15 is 0 Å². The van der Waals surface area contributed by atoms with E-state index in [0.717, 1.165) is 44.3 Å². The van der Waals surface area contributed by atoms with Crippen LogP contribution < -0.4 is 10.1 Å². The standard InChI is InChI=1S/C21H29N5O2/c1-15(2)28-20-12-16(7-10-23-20)14-25(17-5-6-17)21(27)19-8-11-26(24-19)18-4-3-9-22-13-18/h7-8,10-12,15,17-18,22H,3-6,9,13-14H2,1-2H3. The lowest BCUT2D eigenvalue weighted by molar-refractivity contribution is 0.0722. The van der Waals surface area contributed by atoms with Gasteiger partial charge in [-0.05, 0) is 63.8 Å². The topological polar surface area (TPSA) is 72.3 Å². The highest BCUT2D eigenvalue weighted by atomic mass is 16.5. The van der Waals surface area contributed by atoms with Crippen molar-refractivity contribution in [1.82, 2.24) is 25.0 Å². The molecule has 3 heterocycles. The first-order valence-electron chi connectivity index (χ1n) is 10.3. The van der Waals surface area contributed by atoms with E-state index in [0.29, 0.717) is 30.2 Å². The van der Waals surface area contributed by atoms with Gasteiger partial charge in [-0.25, -0.2) is 4.98 Å². The summed E-state index contributed by atoms with van der Waals surface area (Å²) in [6, 6.07) is 6.36. The van der Waals surface area contributed by atoms with Gasteiger partial charge in [0.05, 0.1) is 12.1 Å². The highest BCUT2D eigenvalue weighted by Gasteiger charge is 2.34. The smallest absolute Gasteiger partial charge is 0.274 e. The summed E-state index contributed by atoms with van der Waals surface area (Å²) in [7, 11) is 0. The minimum absolute atomic E-state index is 0.00755. The Balaban J connectivity index is 1.47. The molecular weight excluding hydrogens is 354 g/mol. The molecule has 1 atom stereocenters. The maximum atomic E-state index is 13.2. The molecule has 1 saturated carbocycles. The van der Waals surface area contributed by atoms with Crippen LogP contribution in [-0.4, -0.2) is 50.8 Å².